The Morgan fingerprint density at radius 2 is 2.08 bits per heavy atom. The minimum atomic E-state index is -0.488. The number of carbonyl (C=O) groups is 1. The molecule has 0 saturated carbocycles. The SMILES string of the molecule is CC(C)OCCN1CCN(C(=O)OC(C)(C)C)C[C@@H]1c1nccn1C. The Balaban J connectivity index is 2.08. The van der Waals surface area contributed by atoms with Gasteiger partial charge in [-0.25, -0.2) is 9.78 Å². The van der Waals surface area contributed by atoms with Crippen molar-refractivity contribution >= 4 is 6.09 Å². The first-order chi connectivity index (χ1) is 11.7. The van der Waals surface area contributed by atoms with Gasteiger partial charge in [-0.2, -0.15) is 0 Å². The van der Waals surface area contributed by atoms with Crippen LogP contribution >= 0.6 is 0 Å². The van der Waals surface area contributed by atoms with E-state index in [0.717, 1.165) is 18.9 Å². The fourth-order valence-corrected chi connectivity index (χ4v) is 2.93. The number of hydrogen-bond acceptors (Lipinski definition) is 5. The molecule has 0 aromatic carbocycles. The van der Waals surface area contributed by atoms with Crippen molar-refractivity contribution in [2.24, 2.45) is 7.05 Å². The van der Waals surface area contributed by atoms with E-state index >= 15 is 0 Å². The minimum absolute atomic E-state index is 0.0389. The van der Waals surface area contributed by atoms with E-state index in [4.69, 9.17) is 9.47 Å². The second kappa shape index (κ2) is 8.19. The Kier molecular flexibility index (Phi) is 6.46. The largest absolute Gasteiger partial charge is 0.444 e. The van der Waals surface area contributed by atoms with Gasteiger partial charge in [-0.15, -0.1) is 0 Å². The molecule has 0 radical (unpaired) electrons. The smallest absolute Gasteiger partial charge is 0.410 e. The number of imidazole rings is 1. The number of hydrogen-bond donors (Lipinski definition) is 0. The van der Waals surface area contributed by atoms with Gasteiger partial charge in [-0.3, -0.25) is 4.90 Å². The summed E-state index contributed by atoms with van der Waals surface area (Å²) in [6.45, 7) is 13.2. The summed E-state index contributed by atoms with van der Waals surface area (Å²) in [6.07, 6.45) is 3.69. The highest BCUT2D eigenvalue weighted by atomic mass is 16.6. The molecule has 0 unspecified atom stereocenters. The van der Waals surface area contributed by atoms with Crippen molar-refractivity contribution in [1.29, 1.82) is 0 Å². The standard InChI is InChI=1S/C18H32N4O3/c1-14(2)24-12-11-21-9-10-22(17(23)25-18(3,4)5)13-15(21)16-19-7-8-20(16)6/h7-8,14-15H,9-13H2,1-6H3/t15-/m1/s1. The fourth-order valence-electron chi connectivity index (χ4n) is 2.93. The normalized spacial score (nSPS) is 19.5. The molecule has 0 spiro atoms. The summed E-state index contributed by atoms with van der Waals surface area (Å²) in [4.78, 5) is 21.1. The molecule has 1 aliphatic heterocycles. The van der Waals surface area contributed by atoms with Crippen LogP contribution in [0.25, 0.3) is 0 Å². The number of aryl methyl sites for hydroxylation is 1. The lowest BCUT2D eigenvalue weighted by Crippen LogP contribution is -2.52. The molecule has 1 saturated heterocycles. The Hall–Kier alpha value is -1.60. The zero-order valence-electron chi connectivity index (χ0n) is 16.4. The lowest BCUT2D eigenvalue weighted by Gasteiger charge is -2.41. The maximum Gasteiger partial charge on any atom is 0.410 e. The van der Waals surface area contributed by atoms with Crippen LogP contribution in [0.5, 0.6) is 0 Å². The van der Waals surface area contributed by atoms with Gasteiger partial charge in [0.15, 0.2) is 0 Å². The first-order valence-electron chi connectivity index (χ1n) is 8.98. The number of carbonyl (C=O) groups excluding carboxylic acids is 1. The Morgan fingerprint density at radius 1 is 1.36 bits per heavy atom. The lowest BCUT2D eigenvalue weighted by molar-refractivity contribution is -0.00783. The number of ether oxygens (including phenoxy) is 2. The van der Waals surface area contributed by atoms with Gasteiger partial charge in [0.25, 0.3) is 0 Å². The van der Waals surface area contributed by atoms with Crippen molar-refractivity contribution in [2.75, 3.05) is 32.8 Å². The molecule has 142 valence electrons. The molecule has 1 aromatic heterocycles. The Bertz CT molecular complexity index is 565. The molecule has 25 heavy (non-hydrogen) atoms. The topological polar surface area (TPSA) is 59.8 Å². The molecule has 1 amide bonds. The van der Waals surface area contributed by atoms with Gasteiger partial charge in [-0.1, -0.05) is 0 Å². The van der Waals surface area contributed by atoms with Gasteiger partial charge in [0.05, 0.1) is 18.8 Å². The third-order valence-electron chi connectivity index (χ3n) is 4.13. The van der Waals surface area contributed by atoms with E-state index in [1.54, 1.807) is 11.1 Å². The second-order valence-electron chi connectivity index (χ2n) is 7.79. The highest BCUT2D eigenvalue weighted by molar-refractivity contribution is 5.68. The number of rotatable bonds is 5. The predicted molar refractivity (Wildman–Crippen MR) is 96.4 cm³/mol. The molecular formula is C18H32N4O3. The molecule has 1 aliphatic rings. The van der Waals surface area contributed by atoms with Crippen LogP contribution < -0.4 is 0 Å². The van der Waals surface area contributed by atoms with E-state index in [1.807, 2.05) is 52.4 Å². The van der Waals surface area contributed by atoms with E-state index in [2.05, 4.69) is 9.88 Å². The quantitative estimate of drug-likeness (QED) is 0.815. The van der Waals surface area contributed by atoms with Gasteiger partial charge < -0.3 is 18.9 Å². The summed E-state index contributed by atoms with van der Waals surface area (Å²) in [5.74, 6) is 0.956. The van der Waals surface area contributed by atoms with Crippen LogP contribution in [0, 0.1) is 0 Å². The maximum absolute atomic E-state index is 12.5. The molecular weight excluding hydrogens is 320 g/mol. The summed E-state index contributed by atoms with van der Waals surface area (Å²) in [5.41, 5.74) is -0.488. The molecule has 0 N–H and O–H groups in total. The van der Waals surface area contributed by atoms with Crippen LogP contribution in [0.4, 0.5) is 4.79 Å². The van der Waals surface area contributed by atoms with Gasteiger partial charge >= 0.3 is 6.09 Å². The summed E-state index contributed by atoms with van der Waals surface area (Å²) >= 11 is 0. The van der Waals surface area contributed by atoms with Crippen LogP contribution in [0.3, 0.4) is 0 Å². The molecule has 0 bridgehead atoms. The van der Waals surface area contributed by atoms with Crippen LogP contribution in [0.2, 0.25) is 0 Å². The zero-order chi connectivity index (χ0) is 18.6. The first-order valence-corrected chi connectivity index (χ1v) is 8.98. The summed E-state index contributed by atoms with van der Waals surface area (Å²) < 4.78 is 13.3. The monoisotopic (exact) mass is 352 g/mol. The molecule has 1 fully saturated rings. The average Bonchev–Trinajstić information content (AvgIpc) is 2.91. The fraction of sp³-hybridized carbons (Fsp3) is 0.778. The maximum atomic E-state index is 12.5. The lowest BCUT2D eigenvalue weighted by atomic mass is 10.1. The molecule has 7 heteroatoms. The van der Waals surface area contributed by atoms with Crippen molar-refractivity contribution in [3.63, 3.8) is 0 Å². The molecule has 0 aliphatic carbocycles. The van der Waals surface area contributed by atoms with Crippen molar-refractivity contribution in [3.8, 4) is 0 Å². The third-order valence-corrected chi connectivity index (χ3v) is 4.13. The predicted octanol–water partition coefficient (Wildman–Crippen LogP) is 2.44. The van der Waals surface area contributed by atoms with E-state index in [0.29, 0.717) is 19.7 Å². The van der Waals surface area contributed by atoms with E-state index in [-0.39, 0.29) is 18.2 Å². The minimum Gasteiger partial charge on any atom is -0.444 e. The molecule has 1 aromatic rings. The molecule has 1 atom stereocenters. The number of aromatic nitrogens is 2. The van der Waals surface area contributed by atoms with E-state index < -0.39 is 5.60 Å². The van der Waals surface area contributed by atoms with Crippen molar-refractivity contribution in [2.45, 2.75) is 52.4 Å². The summed E-state index contributed by atoms with van der Waals surface area (Å²) in [5, 5.41) is 0. The number of piperazine rings is 1. The van der Waals surface area contributed by atoms with Gasteiger partial charge in [-0.05, 0) is 34.6 Å². The second-order valence-corrected chi connectivity index (χ2v) is 7.79. The average molecular weight is 352 g/mol. The number of amides is 1. The van der Waals surface area contributed by atoms with Gasteiger partial charge in [0.1, 0.15) is 11.4 Å². The van der Waals surface area contributed by atoms with Crippen LogP contribution in [-0.4, -0.2) is 69.9 Å². The molecule has 7 nitrogen and oxygen atoms in total. The van der Waals surface area contributed by atoms with Crippen LogP contribution in [0.15, 0.2) is 12.4 Å². The Labute approximate surface area is 150 Å². The zero-order valence-corrected chi connectivity index (χ0v) is 16.4. The summed E-state index contributed by atoms with van der Waals surface area (Å²) in [7, 11) is 1.98. The summed E-state index contributed by atoms with van der Waals surface area (Å²) in [6, 6.07) is 0.0389. The highest BCUT2D eigenvalue weighted by Gasteiger charge is 2.34. The number of nitrogens with zero attached hydrogens (tertiary/aromatic N) is 4. The van der Waals surface area contributed by atoms with Crippen LogP contribution in [0.1, 0.15) is 46.5 Å². The van der Waals surface area contributed by atoms with Crippen molar-refractivity contribution < 1.29 is 14.3 Å². The third kappa shape index (κ3) is 5.71. The van der Waals surface area contributed by atoms with Crippen molar-refractivity contribution in [1.82, 2.24) is 19.4 Å². The van der Waals surface area contributed by atoms with E-state index in [1.165, 1.54) is 0 Å². The highest BCUT2D eigenvalue weighted by Crippen LogP contribution is 2.25. The first kappa shape index (κ1) is 19.7. The van der Waals surface area contributed by atoms with Crippen molar-refractivity contribution in [3.05, 3.63) is 18.2 Å². The van der Waals surface area contributed by atoms with Crippen LogP contribution in [-0.2, 0) is 16.5 Å². The Morgan fingerprint density at radius 3 is 2.64 bits per heavy atom. The van der Waals surface area contributed by atoms with Gasteiger partial charge in [0, 0.05) is 45.6 Å². The van der Waals surface area contributed by atoms with E-state index in [9.17, 15) is 4.79 Å². The van der Waals surface area contributed by atoms with Gasteiger partial charge in [0.2, 0.25) is 0 Å². The molecule has 2 heterocycles. The molecule has 2 rings (SSSR count).